The molecule has 4 heteroatoms. The molecule has 2 rings (SSSR count). The lowest BCUT2D eigenvalue weighted by Crippen LogP contribution is -1.99. The van der Waals surface area contributed by atoms with Crippen molar-refractivity contribution in [3.05, 3.63) is 58.6 Å². The number of para-hydroxylation sites is 1. The lowest BCUT2D eigenvalue weighted by molar-refractivity contribution is 0.282. The second kappa shape index (κ2) is 5.87. The Morgan fingerprint density at radius 1 is 0.889 bits per heavy atom. The van der Waals surface area contributed by atoms with Gasteiger partial charge in [0.2, 0.25) is 0 Å². The molecule has 0 bridgehead atoms. The highest BCUT2D eigenvalue weighted by atomic mass is 35.5. The van der Waals surface area contributed by atoms with Gasteiger partial charge in [0.1, 0.15) is 0 Å². The van der Waals surface area contributed by atoms with Crippen LogP contribution in [0.25, 0.3) is 0 Å². The Labute approximate surface area is 111 Å². The third kappa shape index (κ3) is 2.82. The van der Waals surface area contributed by atoms with Crippen LogP contribution in [0.3, 0.4) is 0 Å². The number of hydrogen-bond donors (Lipinski definition) is 3. The number of halogens is 1. The molecular weight excluding hydrogens is 250 g/mol. The molecule has 2 aromatic carbocycles. The topological polar surface area (TPSA) is 52.5 Å². The van der Waals surface area contributed by atoms with Crippen LogP contribution in [-0.2, 0) is 13.2 Å². The Balaban J connectivity index is 2.36. The Hall–Kier alpha value is -1.55. The Morgan fingerprint density at radius 2 is 1.56 bits per heavy atom. The second-order valence-electron chi connectivity index (χ2n) is 3.90. The highest BCUT2D eigenvalue weighted by Crippen LogP contribution is 2.26. The average Bonchev–Trinajstić information content (AvgIpc) is 2.40. The van der Waals surface area contributed by atoms with Crippen molar-refractivity contribution in [2.75, 3.05) is 5.32 Å². The molecule has 0 spiro atoms. The molecule has 2 aromatic rings. The summed E-state index contributed by atoms with van der Waals surface area (Å²) in [6, 6.07) is 12.7. The highest BCUT2D eigenvalue weighted by molar-refractivity contribution is 6.30. The standard InChI is InChI=1S/C14H14ClNO2/c15-12-6-5-11(9-18)14(7-12)16-13-4-2-1-3-10(13)8-17/h1-7,16-18H,8-9H2. The van der Waals surface area contributed by atoms with Gasteiger partial charge in [-0.25, -0.2) is 0 Å². The molecule has 0 saturated heterocycles. The second-order valence-corrected chi connectivity index (χ2v) is 4.34. The fourth-order valence-corrected chi connectivity index (χ4v) is 1.90. The van der Waals surface area contributed by atoms with Gasteiger partial charge in [0, 0.05) is 27.5 Å². The van der Waals surface area contributed by atoms with Gasteiger partial charge in [0.25, 0.3) is 0 Å². The first-order valence-electron chi connectivity index (χ1n) is 5.59. The summed E-state index contributed by atoms with van der Waals surface area (Å²) in [6.07, 6.45) is 0. The van der Waals surface area contributed by atoms with Gasteiger partial charge in [-0.15, -0.1) is 0 Å². The molecule has 0 heterocycles. The first-order chi connectivity index (χ1) is 8.74. The molecule has 0 aliphatic carbocycles. The van der Waals surface area contributed by atoms with Crippen molar-refractivity contribution in [3.8, 4) is 0 Å². The van der Waals surface area contributed by atoms with E-state index in [9.17, 15) is 10.2 Å². The van der Waals surface area contributed by atoms with E-state index in [-0.39, 0.29) is 13.2 Å². The van der Waals surface area contributed by atoms with Crippen molar-refractivity contribution in [2.45, 2.75) is 13.2 Å². The van der Waals surface area contributed by atoms with Crippen LogP contribution in [0.2, 0.25) is 5.02 Å². The van der Waals surface area contributed by atoms with E-state index in [1.807, 2.05) is 24.3 Å². The lowest BCUT2D eigenvalue weighted by atomic mass is 10.1. The van der Waals surface area contributed by atoms with Crippen LogP contribution < -0.4 is 5.32 Å². The van der Waals surface area contributed by atoms with Gasteiger partial charge >= 0.3 is 0 Å². The predicted octanol–water partition coefficient (Wildman–Crippen LogP) is 3.07. The minimum atomic E-state index is -0.0687. The smallest absolute Gasteiger partial charge is 0.0702 e. The van der Waals surface area contributed by atoms with Crippen molar-refractivity contribution in [2.24, 2.45) is 0 Å². The quantitative estimate of drug-likeness (QED) is 0.795. The summed E-state index contributed by atoms with van der Waals surface area (Å²) in [5, 5.41) is 22.3. The minimum Gasteiger partial charge on any atom is -0.392 e. The average molecular weight is 264 g/mol. The summed E-state index contributed by atoms with van der Waals surface area (Å²) in [6.45, 7) is -0.112. The maximum absolute atomic E-state index is 9.28. The van der Waals surface area contributed by atoms with Crippen LogP contribution >= 0.6 is 11.6 Å². The Kier molecular flexibility index (Phi) is 4.20. The van der Waals surface area contributed by atoms with E-state index < -0.39 is 0 Å². The van der Waals surface area contributed by atoms with Crippen molar-refractivity contribution >= 4 is 23.0 Å². The van der Waals surface area contributed by atoms with Crippen molar-refractivity contribution < 1.29 is 10.2 Å². The van der Waals surface area contributed by atoms with Crippen LogP contribution in [-0.4, -0.2) is 10.2 Å². The Bertz CT molecular complexity index is 543. The molecule has 0 radical (unpaired) electrons. The van der Waals surface area contributed by atoms with Gasteiger partial charge in [0.15, 0.2) is 0 Å². The van der Waals surface area contributed by atoms with E-state index in [1.54, 1.807) is 18.2 Å². The SMILES string of the molecule is OCc1ccccc1Nc1cc(Cl)ccc1CO. The zero-order valence-electron chi connectivity index (χ0n) is 9.73. The third-order valence-corrected chi connectivity index (χ3v) is 2.93. The molecule has 18 heavy (non-hydrogen) atoms. The summed E-state index contributed by atoms with van der Waals surface area (Å²) in [5.74, 6) is 0. The zero-order chi connectivity index (χ0) is 13.0. The minimum absolute atomic E-state index is 0.0435. The van der Waals surface area contributed by atoms with Gasteiger partial charge in [-0.2, -0.15) is 0 Å². The zero-order valence-corrected chi connectivity index (χ0v) is 10.5. The summed E-state index contributed by atoms with van der Waals surface area (Å²) >= 11 is 5.94. The molecule has 0 saturated carbocycles. The summed E-state index contributed by atoms with van der Waals surface area (Å²) in [5.41, 5.74) is 3.09. The maximum Gasteiger partial charge on any atom is 0.0702 e. The monoisotopic (exact) mass is 263 g/mol. The van der Waals surface area contributed by atoms with E-state index in [0.29, 0.717) is 5.02 Å². The summed E-state index contributed by atoms with van der Waals surface area (Å²) < 4.78 is 0. The number of aliphatic hydroxyl groups is 2. The molecule has 0 atom stereocenters. The van der Waals surface area contributed by atoms with Gasteiger partial charge in [0.05, 0.1) is 13.2 Å². The molecule has 0 aromatic heterocycles. The molecule has 0 unspecified atom stereocenters. The van der Waals surface area contributed by atoms with Crippen LogP contribution in [0.1, 0.15) is 11.1 Å². The molecule has 0 aliphatic heterocycles. The molecule has 0 aliphatic rings. The normalized spacial score (nSPS) is 10.4. The lowest BCUT2D eigenvalue weighted by Gasteiger charge is -2.13. The van der Waals surface area contributed by atoms with E-state index in [1.165, 1.54) is 0 Å². The third-order valence-electron chi connectivity index (χ3n) is 2.70. The van der Waals surface area contributed by atoms with E-state index in [2.05, 4.69) is 5.32 Å². The number of anilines is 2. The fourth-order valence-electron chi connectivity index (χ4n) is 1.73. The van der Waals surface area contributed by atoms with Crippen molar-refractivity contribution in [3.63, 3.8) is 0 Å². The number of nitrogens with one attached hydrogen (secondary N) is 1. The van der Waals surface area contributed by atoms with E-state index in [4.69, 9.17) is 11.6 Å². The fraction of sp³-hybridized carbons (Fsp3) is 0.143. The van der Waals surface area contributed by atoms with Crippen LogP contribution in [0.5, 0.6) is 0 Å². The molecule has 0 amide bonds. The van der Waals surface area contributed by atoms with Gasteiger partial charge in [-0.3, -0.25) is 0 Å². The summed E-state index contributed by atoms with van der Waals surface area (Å²) in [7, 11) is 0. The van der Waals surface area contributed by atoms with E-state index in [0.717, 1.165) is 22.5 Å². The predicted molar refractivity (Wildman–Crippen MR) is 73.0 cm³/mol. The highest BCUT2D eigenvalue weighted by Gasteiger charge is 2.05. The first kappa shape index (κ1) is 12.9. The van der Waals surface area contributed by atoms with Gasteiger partial charge in [-0.05, 0) is 18.2 Å². The molecule has 3 nitrogen and oxygen atoms in total. The van der Waals surface area contributed by atoms with Crippen molar-refractivity contribution in [1.82, 2.24) is 0 Å². The molecule has 94 valence electrons. The van der Waals surface area contributed by atoms with Crippen LogP contribution in [0, 0.1) is 0 Å². The number of aliphatic hydroxyl groups excluding tert-OH is 2. The largest absolute Gasteiger partial charge is 0.392 e. The van der Waals surface area contributed by atoms with E-state index >= 15 is 0 Å². The summed E-state index contributed by atoms with van der Waals surface area (Å²) in [4.78, 5) is 0. The van der Waals surface area contributed by atoms with Gasteiger partial charge < -0.3 is 15.5 Å². The van der Waals surface area contributed by atoms with Crippen LogP contribution in [0.15, 0.2) is 42.5 Å². The van der Waals surface area contributed by atoms with Gasteiger partial charge in [-0.1, -0.05) is 35.9 Å². The molecule has 0 fully saturated rings. The van der Waals surface area contributed by atoms with Crippen molar-refractivity contribution in [1.29, 1.82) is 0 Å². The molecular formula is C14H14ClNO2. The Morgan fingerprint density at radius 3 is 2.28 bits per heavy atom. The first-order valence-corrected chi connectivity index (χ1v) is 5.97. The molecule has 3 N–H and O–H groups in total. The number of hydrogen-bond acceptors (Lipinski definition) is 3. The number of rotatable bonds is 4. The van der Waals surface area contributed by atoms with Crippen LogP contribution in [0.4, 0.5) is 11.4 Å². The number of benzene rings is 2. The maximum atomic E-state index is 9.28.